The molecule has 0 amide bonds. The maximum atomic E-state index is 4.22. The van der Waals surface area contributed by atoms with Gasteiger partial charge in [0.05, 0.1) is 6.54 Å². The van der Waals surface area contributed by atoms with E-state index < -0.39 is 0 Å². The van der Waals surface area contributed by atoms with Crippen LogP contribution < -0.4 is 0 Å². The Morgan fingerprint density at radius 2 is 2.36 bits per heavy atom. The van der Waals surface area contributed by atoms with Crippen LogP contribution in [0.4, 0.5) is 0 Å². The SMILES string of the molecule is CC1CN(Cc2ncnn2C)CC1Br. The third kappa shape index (κ3) is 1.98. The molecular formula is C9H15BrN4. The fourth-order valence-corrected chi connectivity index (χ4v) is 2.39. The van der Waals surface area contributed by atoms with Crippen LogP contribution in [0, 0.1) is 5.92 Å². The molecule has 4 nitrogen and oxygen atoms in total. The number of rotatable bonds is 2. The maximum Gasteiger partial charge on any atom is 0.140 e. The second-order valence-corrected chi connectivity index (χ2v) is 5.16. The number of halogens is 1. The highest BCUT2D eigenvalue weighted by Gasteiger charge is 2.27. The van der Waals surface area contributed by atoms with Crippen LogP contribution >= 0.6 is 15.9 Å². The van der Waals surface area contributed by atoms with E-state index in [9.17, 15) is 0 Å². The molecule has 78 valence electrons. The number of hydrogen-bond acceptors (Lipinski definition) is 3. The molecular weight excluding hydrogens is 244 g/mol. The van der Waals surface area contributed by atoms with E-state index in [1.54, 1.807) is 6.33 Å². The van der Waals surface area contributed by atoms with Crippen molar-refractivity contribution in [1.82, 2.24) is 19.7 Å². The zero-order valence-electron chi connectivity index (χ0n) is 8.52. The first kappa shape index (κ1) is 10.1. The summed E-state index contributed by atoms with van der Waals surface area (Å²) in [4.78, 5) is 7.26. The molecule has 5 heteroatoms. The van der Waals surface area contributed by atoms with Gasteiger partial charge in [0, 0.05) is 25.0 Å². The van der Waals surface area contributed by atoms with E-state index in [0.29, 0.717) is 4.83 Å². The Morgan fingerprint density at radius 3 is 2.86 bits per heavy atom. The van der Waals surface area contributed by atoms with E-state index in [1.165, 1.54) is 0 Å². The Morgan fingerprint density at radius 1 is 1.57 bits per heavy atom. The normalized spacial score (nSPS) is 28.5. The van der Waals surface area contributed by atoms with Gasteiger partial charge in [-0.1, -0.05) is 22.9 Å². The quantitative estimate of drug-likeness (QED) is 0.744. The molecule has 1 aliphatic heterocycles. The van der Waals surface area contributed by atoms with E-state index in [-0.39, 0.29) is 0 Å². The van der Waals surface area contributed by atoms with Crippen LogP contribution in [0.15, 0.2) is 6.33 Å². The summed E-state index contributed by atoms with van der Waals surface area (Å²) in [5, 5.41) is 4.06. The molecule has 1 saturated heterocycles. The minimum Gasteiger partial charge on any atom is -0.295 e. The van der Waals surface area contributed by atoms with Crippen molar-refractivity contribution in [3.8, 4) is 0 Å². The van der Waals surface area contributed by atoms with Crippen LogP contribution in [0.25, 0.3) is 0 Å². The molecule has 2 atom stereocenters. The Hall–Kier alpha value is -0.420. The molecule has 0 aromatic carbocycles. The van der Waals surface area contributed by atoms with E-state index >= 15 is 0 Å². The molecule has 0 aliphatic carbocycles. The molecule has 1 aromatic heterocycles. The number of likely N-dealkylation sites (tertiary alicyclic amines) is 1. The van der Waals surface area contributed by atoms with E-state index in [4.69, 9.17) is 0 Å². The molecule has 2 heterocycles. The lowest BCUT2D eigenvalue weighted by Gasteiger charge is -2.13. The number of aromatic nitrogens is 3. The number of aryl methyl sites for hydroxylation is 1. The second kappa shape index (κ2) is 3.98. The molecule has 2 unspecified atom stereocenters. The minimum absolute atomic E-state index is 0.621. The van der Waals surface area contributed by atoms with E-state index in [2.05, 4.69) is 37.8 Å². The lowest BCUT2D eigenvalue weighted by molar-refractivity contribution is 0.307. The van der Waals surface area contributed by atoms with Crippen LogP contribution in [0.3, 0.4) is 0 Å². The first-order chi connectivity index (χ1) is 6.66. The van der Waals surface area contributed by atoms with Crippen molar-refractivity contribution in [1.29, 1.82) is 0 Å². The molecule has 2 rings (SSSR count). The smallest absolute Gasteiger partial charge is 0.140 e. The molecule has 0 spiro atoms. The highest BCUT2D eigenvalue weighted by molar-refractivity contribution is 9.09. The fraction of sp³-hybridized carbons (Fsp3) is 0.778. The van der Waals surface area contributed by atoms with Gasteiger partial charge in [0.25, 0.3) is 0 Å². The molecule has 0 saturated carbocycles. The largest absolute Gasteiger partial charge is 0.295 e. The lowest BCUT2D eigenvalue weighted by atomic mass is 10.2. The monoisotopic (exact) mass is 258 g/mol. The minimum atomic E-state index is 0.621. The summed E-state index contributed by atoms with van der Waals surface area (Å²) < 4.78 is 1.84. The lowest BCUT2D eigenvalue weighted by Crippen LogP contribution is -2.22. The molecule has 1 fully saturated rings. The summed E-state index contributed by atoms with van der Waals surface area (Å²) in [5.41, 5.74) is 0. The van der Waals surface area contributed by atoms with Gasteiger partial charge >= 0.3 is 0 Å². The van der Waals surface area contributed by atoms with Crippen LogP contribution in [-0.4, -0.2) is 37.6 Å². The highest BCUT2D eigenvalue weighted by atomic mass is 79.9. The van der Waals surface area contributed by atoms with Crippen LogP contribution in [0.2, 0.25) is 0 Å². The Bertz CT molecular complexity index is 302. The van der Waals surface area contributed by atoms with Crippen molar-refractivity contribution in [2.24, 2.45) is 13.0 Å². The van der Waals surface area contributed by atoms with Crippen LogP contribution in [-0.2, 0) is 13.6 Å². The standard InChI is InChI=1S/C9H15BrN4/c1-7-3-14(4-8(7)10)5-9-11-6-12-13(9)2/h6-8H,3-5H2,1-2H3. The summed E-state index contributed by atoms with van der Waals surface area (Å²) in [6.45, 7) is 5.43. The summed E-state index contributed by atoms with van der Waals surface area (Å²) in [6, 6.07) is 0. The van der Waals surface area contributed by atoms with E-state index in [1.807, 2.05) is 11.7 Å². The number of hydrogen-bond donors (Lipinski definition) is 0. The van der Waals surface area contributed by atoms with Crippen LogP contribution in [0.5, 0.6) is 0 Å². The molecule has 1 aliphatic rings. The van der Waals surface area contributed by atoms with Crippen molar-refractivity contribution in [3.05, 3.63) is 12.2 Å². The van der Waals surface area contributed by atoms with Gasteiger partial charge in [0.1, 0.15) is 12.2 Å². The zero-order chi connectivity index (χ0) is 10.1. The fourth-order valence-electron chi connectivity index (χ4n) is 1.82. The summed E-state index contributed by atoms with van der Waals surface area (Å²) in [6.07, 6.45) is 1.61. The van der Waals surface area contributed by atoms with Gasteiger partial charge in [-0.05, 0) is 5.92 Å². The predicted octanol–water partition coefficient (Wildman–Crippen LogP) is 1.03. The second-order valence-electron chi connectivity index (χ2n) is 3.99. The zero-order valence-corrected chi connectivity index (χ0v) is 10.1. The Labute approximate surface area is 92.4 Å². The van der Waals surface area contributed by atoms with Crippen molar-refractivity contribution >= 4 is 15.9 Å². The molecule has 0 bridgehead atoms. The highest BCUT2D eigenvalue weighted by Crippen LogP contribution is 2.23. The topological polar surface area (TPSA) is 34.0 Å². The first-order valence-electron chi connectivity index (χ1n) is 4.86. The average Bonchev–Trinajstić information content (AvgIpc) is 2.63. The third-order valence-corrected chi connectivity index (χ3v) is 3.96. The molecule has 1 aromatic rings. The molecule has 0 radical (unpaired) electrons. The maximum absolute atomic E-state index is 4.22. The van der Waals surface area contributed by atoms with Gasteiger partial charge in [0.15, 0.2) is 0 Å². The summed E-state index contributed by atoms with van der Waals surface area (Å²) in [5.74, 6) is 1.77. The van der Waals surface area contributed by atoms with Crippen molar-refractivity contribution in [3.63, 3.8) is 0 Å². The van der Waals surface area contributed by atoms with Crippen molar-refractivity contribution < 1.29 is 0 Å². The summed E-state index contributed by atoms with van der Waals surface area (Å²) in [7, 11) is 1.94. The predicted molar refractivity (Wildman–Crippen MR) is 58.2 cm³/mol. The molecule has 0 N–H and O–H groups in total. The number of nitrogens with zero attached hydrogens (tertiary/aromatic N) is 4. The number of alkyl halides is 1. The summed E-state index contributed by atoms with van der Waals surface area (Å²) >= 11 is 3.68. The van der Waals surface area contributed by atoms with E-state index in [0.717, 1.165) is 31.4 Å². The first-order valence-corrected chi connectivity index (χ1v) is 5.77. The van der Waals surface area contributed by atoms with Gasteiger partial charge in [0.2, 0.25) is 0 Å². The van der Waals surface area contributed by atoms with Crippen molar-refractivity contribution in [2.45, 2.75) is 18.3 Å². The van der Waals surface area contributed by atoms with Gasteiger partial charge < -0.3 is 0 Å². The van der Waals surface area contributed by atoms with Gasteiger partial charge in [-0.25, -0.2) is 4.98 Å². The Balaban J connectivity index is 1.97. The Kier molecular flexibility index (Phi) is 2.88. The van der Waals surface area contributed by atoms with Crippen LogP contribution in [0.1, 0.15) is 12.7 Å². The van der Waals surface area contributed by atoms with Gasteiger partial charge in [-0.15, -0.1) is 0 Å². The molecule has 14 heavy (non-hydrogen) atoms. The van der Waals surface area contributed by atoms with Crippen molar-refractivity contribution in [2.75, 3.05) is 13.1 Å². The average molecular weight is 259 g/mol. The van der Waals surface area contributed by atoms with Gasteiger partial charge in [-0.2, -0.15) is 5.10 Å². The third-order valence-electron chi connectivity index (χ3n) is 2.77. The van der Waals surface area contributed by atoms with Gasteiger partial charge in [-0.3, -0.25) is 9.58 Å².